The van der Waals surface area contributed by atoms with E-state index in [9.17, 15) is 4.79 Å². The summed E-state index contributed by atoms with van der Waals surface area (Å²) in [5.41, 5.74) is 0.408. The van der Waals surface area contributed by atoms with E-state index in [0.717, 1.165) is 30.8 Å². The van der Waals surface area contributed by atoms with Crippen molar-refractivity contribution in [3.8, 4) is 0 Å². The Morgan fingerprint density at radius 1 is 1.26 bits per heavy atom. The van der Waals surface area contributed by atoms with Gasteiger partial charge in [-0.15, -0.1) is 11.3 Å². The Morgan fingerprint density at radius 3 is 2.95 bits per heavy atom. The van der Waals surface area contributed by atoms with Crippen LogP contribution >= 0.6 is 11.3 Å². The monoisotopic (exact) mass is 274 g/mol. The van der Waals surface area contributed by atoms with Crippen LogP contribution in [0.5, 0.6) is 0 Å². The lowest BCUT2D eigenvalue weighted by Gasteiger charge is -2.34. The van der Waals surface area contributed by atoms with Crippen LogP contribution < -0.4 is 0 Å². The molecule has 1 saturated heterocycles. The molecule has 2 aromatic rings. The van der Waals surface area contributed by atoms with Gasteiger partial charge in [-0.05, 0) is 19.3 Å². The number of piperidine rings is 1. The highest BCUT2D eigenvalue weighted by atomic mass is 32.1. The second-order valence-corrected chi connectivity index (χ2v) is 5.40. The van der Waals surface area contributed by atoms with Crippen molar-refractivity contribution in [2.24, 2.45) is 0 Å². The van der Waals surface area contributed by atoms with Crippen molar-refractivity contribution in [1.82, 2.24) is 19.9 Å². The quantitative estimate of drug-likeness (QED) is 0.843. The first-order valence-electron chi connectivity index (χ1n) is 6.32. The van der Waals surface area contributed by atoms with E-state index >= 15 is 0 Å². The molecule has 0 bridgehead atoms. The minimum absolute atomic E-state index is 0.0481. The summed E-state index contributed by atoms with van der Waals surface area (Å²) in [6.45, 7) is 0.764. The zero-order valence-corrected chi connectivity index (χ0v) is 11.2. The molecule has 0 spiro atoms. The van der Waals surface area contributed by atoms with Crippen LogP contribution in [0.2, 0.25) is 0 Å². The summed E-state index contributed by atoms with van der Waals surface area (Å²) in [6.07, 6.45) is 9.58. The highest BCUT2D eigenvalue weighted by molar-refractivity contribution is 7.09. The van der Waals surface area contributed by atoms with Crippen molar-refractivity contribution in [3.63, 3.8) is 0 Å². The van der Waals surface area contributed by atoms with E-state index in [0.29, 0.717) is 5.69 Å². The minimum atomic E-state index is -0.0481. The molecule has 1 fully saturated rings. The summed E-state index contributed by atoms with van der Waals surface area (Å²) >= 11 is 1.60. The van der Waals surface area contributed by atoms with Crippen LogP contribution in [-0.2, 0) is 0 Å². The van der Waals surface area contributed by atoms with E-state index in [1.807, 2.05) is 10.3 Å². The lowest BCUT2D eigenvalue weighted by Crippen LogP contribution is -2.38. The Bertz CT molecular complexity index is 543. The summed E-state index contributed by atoms with van der Waals surface area (Å²) in [7, 11) is 0. The van der Waals surface area contributed by atoms with Gasteiger partial charge in [0.2, 0.25) is 0 Å². The van der Waals surface area contributed by atoms with Gasteiger partial charge in [0.1, 0.15) is 10.7 Å². The van der Waals surface area contributed by atoms with Crippen LogP contribution in [0.25, 0.3) is 0 Å². The summed E-state index contributed by atoms with van der Waals surface area (Å²) in [4.78, 5) is 26.8. The van der Waals surface area contributed by atoms with Gasteiger partial charge in [-0.25, -0.2) is 9.97 Å². The molecule has 0 unspecified atom stereocenters. The van der Waals surface area contributed by atoms with Gasteiger partial charge in [-0.2, -0.15) is 0 Å². The van der Waals surface area contributed by atoms with Crippen molar-refractivity contribution >= 4 is 17.2 Å². The number of carbonyl (C=O) groups excluding carboxylic acids is 1. The van der Waals surface area contributed by atoms with Gasteiger partial charge < -0.3 is 4.90 Å². The molecule has 3 rings (SSSR count). The van der Waals surface area contributed by atoms with Crippen molar-refractivity contribution in [3.05, 3.63) is 40.9 Å². The molecule has 19 heavy (non-hydrogen) atoms. The standard InChI is InChI=1S/C13H14N4OS/c18-13(10-9-14-4-5-15-10)17-7-2-1-3-11(17)12-16-6-8-19-12/h4-6,8-9,11H,1-3,7H2/t11-/m0/s1. The normalized spacial score (nSPS) is 19.4. The van der Waals surface area contributed by atoms with Crippen molar-refractivity contribution in [2.45, 2.75) is 25.3 Å². The van der Waals surface area contributed by atoms with E-state index in [1.54, 1.807) is 29.9 Å². The minimum Gasteiger partial charge on any atom is -0.328 e. The van der Waals surface area contributed by atoms with Gasteiger partial charge in [0.05, 0.1) is 12.2 Å². The third-order valence-electron chi connectivity index (χ3n) is 3.28. The Kier molecular flexibility index (Phi) is 3.50. The summed E-state index contributed by atoms with van der Waals surface area (Å²) in [5, 5.41) is 2.96. The number of thiazole rings is 1. The van der Waals surface area contributed by atoms with E-state index in [1.165, 1.54) is 6.20 Å². The molecule has 0 aliphatic carbocycles. The molecule has 0 N–H and O–H groups in total. The third kappa shape index (κ3) is 2.49. The summed E-state index contributed by atoms with van der Waals surface area (Å²) in [5.74, 6) is -0.0481. The molecule has 98 valence electrons. The number of aromatic nitrogens is 3. The molecule has 0 aromatic carbocycles. The van der Waals surface area contributed by atoms with Crippen molar-refractivity contribution < 1.29 is 4.79 Å². The SMILES string of the molecule is O=C(c1cnccn1)N1CCCC[C@H]1c1nccs1. The predicted octanol–water partition coefficient (Wildman–Crippen LogP) is 2.30. The molecule has 3 heterocycles. The first kappa shape index (κ1) is 12.2. The van der Waals surface area contributed by atoms with E-state index in [-0.39, 0.29) is 11.9 Å². The highest BCUT2D eigenvalue weighted by Gasteiger charge is 2.30. The Hall–Kier alpha value is -1.82. The first-order chi connectivity index (χ1) is 9.36. The maximum Gasteiger partial charge on any atom is 0.274 e. The Balaban J connectivity index is 1.87. The fraction of sp³-hybridized carbons (Fsp3) is 0.385. The maximum atomic E-state index is 12.5. The molecule has 1 atom stereocenters. The van der Waals surface area contributed by atoms with Gasteiger partial charge in [0.25, 0.3) is 5.91 Å². The molecule has 1 amide bonds. The summed E-state index contributed by atoms with van der Waals surface area (Å²) < 4.78 is 0. The molecular weight excluding hydrogens is 260 g/mol. The van der Waals surface area contributed by atoms with Crippen LogP contribution in [0.15, 0.2) is 30.2 Å². The van der Waals surface area contributed by atoms with Crippen LogP contribution in [0, 0.1) is 0 Å². The number of carbonyl (C=O) groups is 1. The Labute approximate surface area is 115 Å². The smallest absolute Gasteiger partial charge is 0.274 e. The lowest BCUT2D eigenvalue weighted by atomic mass is 10.0. The lowest BCUT2D eigenvalue weighted by molar-refractivity contribution is 0.0604. The van der Waals surface area contributed by atoms with Crippen LogP contribution in [0.3, 0.4) is 0 Å². The number of rotatable bonds is 2. The molecular formula is C13H14N4OS. The topological polar surface area (TPSA) is 59.0 Å². The zero-order valence-electron chi connectivity index (χ0n) is 10.4. The third-order valence-corrected chi connectivity index (χ3v) is 4.16. The fourth-order valence-electron chi connectivity index (χ4n) is 2.39. The number of amides is 1. The second kappa shape index (κ2) is 5.44. The second-order valence-electron chi connectivity index (χ2n) is 4.47. The molecule has 2 aromatic heterocycles. The fourth-order valence-corrected chi connectivity index (χ4v) is 3.17. The zero-order chi connectivity index (χ0) is 13.1. The molecule has 1 aliphatic heterocycles. The number of likely N-dealkylation sites (tertiary alicyclic amines) is 1. The first-order valence-corrected chi connectivity index (χ1v) is 7.20. The van der Waals surface area contributed by atoms with E-state index in [2.05, 4.69) is 15.0 Å². The van der Waals surface area contributed by atoms with E-state index in [4.69, 9.17) is 0 Å². The molecule has 1 aliphatic rings. The van der Waals surface area contributed by atoms with Gasteiger partial charge in [-0.1, -0.05) is 0 Å². The van der Waals surface area contributed by atoms with Crippen molar-refractivity contribution in [1.29, 1.82) is 0 Å². The van der Waals surface area contributed by atoms with Gasteiger partial charge in [0, 0.05) is 30.5 Å². The molecule has 5 nitrogen and oxygen atoms in total. The van der Waals surface area contributed by atoms with Crippen LogP contribution in [-0.4, -0.2) is 32.3 Å². The number of nitrogens with zero attached hydrogens (tertiary/aromatic N) is 4. The average Bonchev–Trinajstić information content (AvgIpc) is 3.01. The van der Waals surface area contributed by atoms with Crippen LogP contribution in [0.1, 0.15) is 40.8 Å². The molecule has 0 saturated carbocycles. The van der Waals surface area contributed by atoms with Crippen LogP contribution in [0.4, 0.5) is 0 Å². The predicted molar refractivity (Wildman–Crippen MR) is 71.8 cm³/mol. The maximum absolute atomic E-state index is 12.5. The van der Waals surface area contributed by atoms with Gasteiger partial charge in [0.15, 0.2) is 0 Å². The largest absolute Gasteiger partial charge is 0.328 e. The van der Waals surface area contributed by atoms with Gasteiger partial charge >= 0.3 is 0 Å². The molecule has 6 heteroatoms. The van der Waals surface area contributed by atoms with Crippen molar-refractivity contribution in [2.75, 3.05) is 6.54 Å². The number of hydrogen-bond donors (Lipinski definition) is 0. The highest BCUT2D eigenvalue weighted by Crippen LogP contribution is 2.32. The van der Waals surface area contributed by atoms with Gasteiger partial charge in [-0.3, -0.25) is 9.78 Å². The Morgan fingerprint density at radius 2 is 2.21 bits per heavy atom. The number of hydrogen-bond acceptors (Lipinski definition) is 5. The van der Waals surface area contributed by atoms with E-state index < -0.39 is 0 Å². The average molecular weight is 274 g/mol. The summed E-state index contributed by atoms with van der Waals surface area (Å²) in [6, 6.07) is 0.0863. The molecule has 0 radical (unpaired) electrons.